The third-order valence-electron chi connectivity index (χ3n) is 3.66. The predicted octanol–water partition coefficient (Wildman–Crippen LogP) is 4.94. The Morgan fingerprint density at radius 3 is 2.29 bits per heavy atom. The topological polar surface area (TPSA) is 57.5 Å². The smallest absolute Gasteiger partial charge is 0.303 e. The van der Waals surface area contributed by atoms with Gasteiger partial charge in [-0.2, -0.15) is 0 Å². The summed E-state index contributed by atoms with van der Waals surface area (Å²) in [6.07, 6.45) is 14.7. The number of hydrogen-bond donors (Lipinski definition) is 2. The van der Waals surface area contributed by atoms with Gasteiger partial charge in [0.05, 0.1) is 6.10 Å². The van der Waals surface area contributed by atoms with Gasteiger partial charge in [-0.25, -0.2) is 0 Å². The summed E-state index contributed by atoms with van der Waals surface area (Å²) in [5, 5.41) is 18.3. The third kappa shape index (κ3) is 17.1. The van der Waals surface area contributed by atoms with Crippen molar-refractivity contribution in [3.05, 3.63) is 12.2 Å². The van der Waals surface area contributed by atoms with Crippen molar-refractivity contribution in [2.75, 3.05) is 0 Å². The normalized spacial score (nSPS) is 13.1. The lowest BCUT2D eigenvalue weighted by atomic mass is 10.0. The third-order valence-corrected chi connectivity index (χ3v) is 3.66. The Bertz CT molecular complexity index is 272. The number of unbranched alkanes of at least 4 members (excludes halogenated alkanes) is 5. The van der Waals surface area contributed by atoms with Crippen molar-refractivity contribution in [2.45, 2.75) is 90.6 Å². The molecule has 0 aliphatic carbocycles. The quantitative estimate of drug-likeness (QED) is 0.353. The van der Waals surface area contributed by atoms with Gasteiger partial charge in [0.15, 0.2) is 0 Å². The maximum absolute atomic E-state index is 10.3. The van der Waals surface area contributed by atoms with E-state index < -0.39 is 5.97 Å². The van der Waals surface area contributed by atoms with Crippen molar-refractivity contribution in [2.24, 2.45) is 5.92 Å². The highest BCUT2D eigenvalue weighted by Gasteiger charge is 2.02. The minimum Gasteiger partial charge on any atom is -0.481 e. The van der Waals surface area contributed by atoms with Crippen LogP contribution >= 0.6 is 0 Å². The molecule has 0 aromatic carbocycles. The first-order valence-electron chi connectivity index (χ1n) is 8.57. The Kier molecular flexibility index (Phi) is 13.6. The Balaban J connectivity index is 3.30. The second-order valence-corrected chi connectivity index (χ2v) is 6.39. The minimum atomic E-state index is -0.690. The molecule has 2 N–H and O–H groups in total. The molecule has 0 rings (SSSR count). The molecular formula is C18H34O3. The molecule has 0 spiro atoms. The summed E-state index contributed by atoms with van der Waals surface area (Å²) in [5.74, 6) is 0.0353. The van der Waals surface area contributed by atoms with Crippen LogP contribution in [0.25, 0.3) is 0 Å². The fourth-order valence-corrected chi connectivity index (χ4v) is 2.32. The minimum absolute atomic E-state index is 0.184. The van der Waals surface area contributed by atoms with E-state index in [1.54, 1.807) is 0 Å². The zero-order valence-electron chi connectivity index (χ0n) is 13.9. The summed E-state index contributed by atoms with van der Waals surface area (Å²) in [6.45, 7) is 4.43. The predicted molar refractivity (Wildman–Crippen MR) is 88.4 cm³/mol. The van der Waals surface area contributed by atoms with Crippen LogP contribution in [-0.2, 0) is 4.79 Å². The van der Waals surface area contributed by atoms with Gasteiger partial charge in [-0.1, -0.05) is 58.1 Å². The highest BCUT2D eigenvalue weighted by molar-refractivity contribution is 5.66. The summed E-state index contributed by atoms with van der Waals surface area (Å²) in [7, 11) is 0. The second-order valence-electron chi connectivity index (χ2n) is 6.39. The molecule has 0 aromatic rings. The lowest BCUT2D eigenvalue weighted by Gasteiger charge is -2.09. The average molecular weight is 298 g/mol. The van der Waals surface area contributed by atoms with E-state index in [0.717, 1.165) is 57.3 Å². The van der Waals surface area contributed by atoms with Crippen molar-refractivity contribution in [1.82, 2.24) is 0 Å². The lowest BCUT2D eigenvalue weighted by Crippen LogP contribution is -2.05. The molecule has 0 aliphatic rings. The SMILES string of the molecule is CC(C)CCC[C@@H](O)CC=CCCCCCCCC(=O)O. The van der Waals surface area contributed by atoms with Crippen LogP contribution < -0.4 is 0 Å². The standard InChI is InChI=1S/C18H34O3/c1-16(2)12-11-14-17(19)13-9-7-5-3-4-6-8-10-15-18(20)21/h7,9,16-17,19H,3-6,8,10-15H2,1-2H3,(H,20,21)/t17-/m0/s1. The van der Waals surface area contributed by atoms with Crippen molar-refractivity contribution < 1.29 is 15.0 Å². The number of aliphatic hydroxyl groups is 1. The number of aliphatic carboxylic acids is 1. The second kappa shape index (κ2) is 14.1. The largest absolute Gasteiger partial charge is 0.481 e. The van der Waals surface area contributed by atoms with Crippen LogP contribution in [0.1, 0.15) is 84.5 Å². The van der Waals surface area contributed by atoms with E-state index in [1.165, 1.54) is 12.8 Å². The molecule has 0 aliphatic heterocycles. The Hall–Kier alpha value is -0.830. The van der Waals surface area contributed by atoms with Crippen molar-refractivity contribution in [3.8, 4) is 0 Å². The van der Waals surface area contributed by atoms with Gasteiger partial charge in [0.25, 0.3) is 0 Å². The fraction of sp³-hybridized carbons (Fsp3) is 0.833. The van der Waals surface area contributed by atoms with E-state index >= 15 is 0 Å². The molecule has 0 fully saturated rings. The molecule has 0 bridgehead atoms. The van der Waals surface area contributed by atoms with Crippen molar-refractivity contribution >= 4 is 5.97 Å². The zero-order chi connectivity index (χ0) is 15.9. The van der Waals surface area contributed by atoms with E-state index in [0.29, 0.717) is 6.42 Å². The average Bonchev–Trinajstić information content (AvgIpc) is 2.40. The summed E-state index contributed by atoms with van der Waals surface area (Å²) in [4.78, 5) is 10.3. The molecule has 3 heteroatoms. The number of carbonyl (C=O) groups is 1. The van der Waals surface area contributed by atoms with Gasteiger partial charge in [0.1, 0.15) is 0 Å². The van der Waals surface area contributed by atoms with E-state index in [9.17, 15) is 9.90 Å². The van der Waals surface area contributed by atoms with Gasteiger partial charge < -0.3 is 10.2 Å². The molecule has 0 amide bonds. The van der Waals surface area contributed by atoms with Crippen LogP contribution in [0.5, 0.6) is 0 Å². The molecule has 21 heavy (non-hydrogen) atoms. The van der Waals surface area contributed by atoms with Crippen LogP contribution in [-0.4, -0.2) is 22.3 Å². The number of hydrogen-bond acceptors (Lipinski definition) is 2. The van der Waals surface area contributed by atoms with Crippen LogP contribution in [0.15, 0.2) is 12.2 Å². The molecule has 0 unspecified atom stereocenters. The molecular weight excluding hydrogens is 264 g/mol. The number of aliphatic hydroxyl groups excluding tert-OH is 1. The van der Waals surface area contributed by atoms with Gasteiger partial charge in [-0.3, -0.25) is 4.79 Å². The van der Waals surface area contributed by atoms with Crippen molar-refractivity contribution in [3.63, 3.8) is 0 Å². The first-order valence-corrected chi connectivity index (χ1v) is 8.57. The van der Waals surface area contributed by atoms with E-state index in [2.05, 4.69) is 26.0 Å². The zero-order valence-corrected chi connectivity index (χ0v) is 13.9. The van der Waals surface area contributed by atoms with Gasteiger partial charge in [0.2, 0.25) is 0 Å². The molecule has 3 nitrogen and oxygen atoms in total. The monoisotopic (exact) mass is 298 g/mol. The van der Waals surface area contributed by atoms with E-state index in [1.807, 2.05) is 0 Å². The fourth-order valence-electron chi connectivity index (χ4n) is 2.32. The molecule has 1 atom stereocenters. The summed E-state index contributed by atoms with van der Waals surface area (Å²) >= 11 is 0. The number of carboxylic acid groups (broad SMARTS) is 1. The van der Waals surface area contributed by atoms with Crippen LogP contribution in [0.4, 0.5) is 0 Å². The molecule has 0 heterocycles. The van der Waals surface area contributed by atoms with Crippen molar-refractivity contribution in [1.29, 1.82) is 0 Å². The summed E-state index contributed by atoms with van der Waals surface area (Å²) < 4.78 is 0. The van der Waals surface area contributed by atoms with Gasteiger partial charge in [-0.05, 0) is 38.0 Å². The van der Waals surface area contributed by atoms with Gasteiger partial charge in [0, 0.05) is 6.42 Å². The van der Waals surface area contributed by atoms with Crippen LogP contribution in [0.2, 0.25) is 0 Å². The summed E-state index contributed by atoms with van der Waals surface area (Å²) in [5.41, 5.74) is 0. The highest BCUT2D eigenvalue weighted by Crippen LogP contribution is 2.11. The maximum Gasteiger partial charge on any atom is 0.303 e. The highest BCUT2D eigenvalue weighted by atomic mass is 16.4. The molecule has 124 valence electrons. The lowest BCUT2D eigenvalue weighted by molar-refractivity contribution is -0.137. The molecule has 0 saturated heterocycles. The first kappa shape index (κ1) is 20.2. The molecule has 0 aromatic heterocycles. The molecule has 0 radical (unpaired) electrons. The summed E-state index contributed by atoms with van der Waals surface area (Å²) in [6, 6.07) is 0. The Morgan fingerprint density at radius 2 is 1.62 bits per heavy atom. The Morgan fingerprint density at radius 1 is 0.952 bits per heavy atom. The van der Waals surface area contributed by atoms with Gasteiger partial charge >= 0.3 is 5.97 Å². The molecule has 0 saturated carbocycles. The maximum atomic E-state index is 10.3. The number of rotatable bonds is 14. The number of carboxylic acids is 1. The first-order chi connectivity index (χ1) is 10.0. The van der Waals surface area contributed by atoms with Gasteiger partial charge in [-0.15, -0.1) is 0 Å². The van der Waals surface area contributed by atoms with E-state index in [-0.39, 0.29) is 6.10 Å². The van der Waals surface area contributed by atoms with Crippen LogP contribution in [0, 0.1) is 5.92 Å². The Labute approximate surface area is 130 Å². The van der Waals surface area contributed by atoms with E-state index in [4.69, 9.17) is 5.11 Å². The number of allylic oxidation sites excluding steroid dienone is 1. The van der Waals surface area contributed by atoms with Crippen LogP contribution in [0.3, 0.4) is 0 Å².